The molecule has 2 rings (SSSR count). The topological polar surface area (TPSA) is 20.3 Å². The molecule has 0 aliphatic heterocycles. The van der Waals surface area contributed by atoms with E-state index in [1.54, 1.807) is 7.05 Å². The number of halogens is 2. The number of benzene rings is 1. The van der Waals surface area contributed by atoms with Crippen LogP contribution in [0.2, 0.25) is 0 Å². The van der Waals surface area contributed by atoms with Crippen LogP contribution in [0.3, 0.4) is 0 Å². The van der Waals surface area contributed by atoms with Gasteiger partial charge < -0.3 is 0 Å². The Labute approximate surface area is 92.9 Å². The summed E-state index contributed by atoms with van der Waals surface area (Å²) < 4.78 is 26.6. The van der Waals surface area contributed by atoms with Gasteiger partial charge in [0.2, 0.25) is 0 Å². The van der Waals surface area contributed by atoms with Crippen molar-refractivity contribution in [3.63, 3.8) is 0 Å². The van der Waals surface area contributed by atoms with Crippen LogP contribution in [-0.4, -0.2) is 30.3 Å². The van der Waals surface area contributed by atoms with Gasteiger partial charge in [-0.15, -0.1) is 0 Å². The molecule has 0 atom stereocenters. The number of hydrogen-bond acceptors (Lipinski definition) is 2. The Balaban J connectivity index is 2.13. The van der Waals surface area contributed by atoms with Crippen molar-refractivity contribution < 1.29 is 13.6 Å². The number of hydrogen-bond donors (Lipinski definition) is 0. The summed E-state index contributed by atoms with van der Waals surface area (Å²) in [5, 5.41) is 0. The Morgan fingerprint density at radius 1 is 1.38 bits per heavy atom. The molecule has 1 aromatic rings. The molecule has 86 valence electrons. The van der Waals surface area contributed by atoms with Crippen molar-refractivity contribution >= 4 is 5.78 Å². The lowest BCUT2D eigenvalue weighted by molar-refractivity contribution is 0.0934. The molecule has 0 N–H and O–H groups in total. The first kappa shape index (κ1) is 11.2. The van der Waals surface area contributed by atoms with Gasteiger partial charge in [0.1, 0.15) is 11.6 Å². The first-order valence-electron chi connectivity index (χ1n) is 5.27. The third-order valence-corrected chi connectivity index (χ3v) is 2.80. The molecule has 1 fully saturated rings. The van der Waals surface area contributed by atoms with Crippen LogP contribution in [0.5, 0.6) is 0 Å². The van der Waals surface area contributed by atoms with Crippen LogP contribution in [0.25, 0.3) is 0 Å². The van der Waals surface area contributed by atoms with Crippen LogP contribution in [0.15, 0.2) is 18.2 Å². The second-order valence-electron chi connectivity index (χ2n) is 4.17. The molecule has 1 aliphatic rings. The zero-order valence-electron chi connectivity index (χ0n) is 9.04. The van der Waals surface area contributed by atoms with E-state index in [1.165, 1.54) is 6.07 Å². The molecule has 0 aromatic heterocycles. The van der Waals surface area contributed by atoms with E-state index in [0.29, 0.717) is 6.04 Å². The van der Waals surface area contributed by atoms with Crippen molar-refractivity contribution in [2.45, 2.75) is 18.9 Å². The predicted molar refractivity (Wildman–Crippen MR) is 56.3 cm³/mol. The third kappa shape index (κ3) is 2.27. The largest absolute Gasteiger partial charge is 0.296 e. The van der Waals surface area contributed by atoms with Crippen LogP contribution < -0.4 is 0 Å². The summed E-state index contributed by atoms with van der Waals surface area (Å²) in [6.07, 6.45) is 2.12. The summed E-state index contributed by atoms with van der Waals surface area (Å²) in [4.78, 5) is 13.5. The van der Waals surface area contributed by atoms with E-state index in [4.69, 9.17) is 0 Å². The summed E-state index contributed by atoms with van der Waals surface area (Å²) in [5.74, 6) is -2.06. The lowest BCUT2D eigenvalue weighted by atomic mass is 10.1. The average molecular weight is 225 g/mol. The van der Waals surface area contributed by atoms with Crippen molar-refractivity contribution in [2.75, 3.05) is 13.6 Å². The summed E-state index contributed by atoms with van der Waals surface area (Å²) in [6, 6.07) is 3.87. The molecule has 4 heteroatoms. The van der Waals surface area contributed by atoms with Crippen LogP contribution in [0, 0.1) is 11.6 Å². The minimum atomic E-state index is -0.783. The van der Waals surface area contributed by atoms with Crippen molar-refractivity contribution in [2.24, 2.45) is 0 Å². The molecule has 0 spiro atoms. The Kier molecular flexibility index (Phi) is 3.01. The SMILES string of the molecule is CN(CC(=O)c1c(F)cccc1F)C1CC1. The first-order valence-corrected chi connectivity index (χ1v) is 5.27. The first-order chi connectivity index (χ1) is 7.59. The van der Waals surface area contributed by atoms with Crippen molar-refractivity contribution in [3.05, 3.63) is 35.4 Å². The number of rotatable bonds is 4. The molecule has 0 unspecified atom stereocenters. The maximum Gasteiger partial charge on any atom is 0.182 e. The van der Waals surface area contributed by atoms with Crippen molar-refractivity contribution in [3.8, 4) is 0 Å². The maximum absolute atomic E-state index is 13.3. The van der Waals surface area contributed by atoms with Gasteiger partial charge in [-0.25, -0.2) is 8.78 Å². The van der Waals surface area contributed by atoms with E-state index in [-0.39, 0.29) is 6.54 Å². The van der Waals surface area contributed by atoms with E-state index in [2.05, 4.69) is 0 Å². The second-order valence-corrected chi connectivity index (χ2v) is 4.17. The Hall–Kier alpha value is -1.29. The molecule has 1 aliphatic carbocycles. The minimum Gasteiger partial charge on any atom is -0.296 e. The summed E-state index contributed by atoms with van der Waals surface area (Å²) in [5.41, 5.74) is -0.421. The molecule has 0 radical (unpaired) electrons. The van der Waals surface area contributed by atoms with Crippen LogP contribution >= 0.6 is 0 Å². The van der Waals surface area contributed by atoms with Gasteiger partial charge in [-0.05, 0) is 32.0 Å². The van der Waals surface area contributed by atoms with E-state index in [1.807, 2.05) is 4.90 Å². The van der Waals surface area contributed by atoms with E-state index in [9.17, 15) is 13.6 Å². The van der Waals surface area contributed by atoms with Gasteiger partial charge in [0.05, 0.1) is 12.1 Å². The maximum atomic E-state index is 13.3. The molecule has 0 bridgehead atoms. The van der Waals surface area contributed by atoms with Gasteiger partial charge in [-0.2, -0.15) is 0 Å². The van der Waals surface area contributed by atoms with Gasteiger partial charge in [0.25, 0.3) is 0 Å². The van der Waals surface area contributed by atoms with Crippen LogP contribution in [0.4, 0.5) is 8.78 Å². The van der Waals surface area contributed by atoms with Crippen LogP contribution in [0.1, 0.15) is 23.2 Å². The van der Waals surface area contributed by atoms with E-state index in [0.717, 1.165) is 25.0 Å². The standard InChI is InChI=1S/C12H13F2NO/c1-15(8-5-6-8)7-11(16)12-9(13)3-2-4-10(12)14/h2-4,8H,5-7H2,1H3. The highest BCUT2D eigenvalue weighted by atomic mass is 19.1. The Morgan fingerprint density at radius 2 is 1.94 bits per heavy atom. The molecule has 16 heavy (non-hydrogen) atoms. The van der Waals surface area contributed by atoms with Gasteiger partial charge in [0.15, 0.2) is 5.78 Å². The Bertz CT molecular complexity index is 395. The highest BCUT2D eigenvalue weighted by Crippen LogP contribution is 2.25. The molecular formula is C12H13F2NO. The number of nitrogens with zero attached hydrogens (tertiary/aromatic N) is 1. The van der Waals surface area contributed by atoms with Crippen LogP contribution in [-0.2, 0) is 0 Å². The fourth-order valence-corrected chi connectivity index (χ4v) is 1.71. The molecule has 0 heterocycles. The smallest absolute Gasteiger partial charge is 0.182 e. The van der Waals surface area contributed by atoms with Crippen molar-refractivity contribution in [1.29, 1.82) is 0 Å². The van der Waals surface area contributed by atoms with Gasteiger partial charge in [0, 0.05) is 6.04 Å². The Morgan fingerprint density at radius 3 is 2.44 bits per heavy atom. The van der Waals surface area contributed by atoms with E-state index >= 15 is 0 Å². The lowest BCUT2D eigenvalue weighted by Gasteiger charge is -2.14. The normalized spacial score (nSPS) is 15.5. The number of carbonyl (C=O) groups is 1. The number of carbonyl (C=O) groups excluding carboxylic acids is 1. The highest BCUT2D eigenvalue weighted by molar-refractivity contribution is 5.98. The third-order valence-electron chi connectivity index (χ3n) is 2.80. The van der Waals surface area contributed by atoms with Gasteiger partial charge in [-0.3, -0.25) is 9.69 Å². The second kappa shape index (κ2) is 4.29. The average Bonchev–Trinajstić information content (AvgIpc) is 2.99. The lowest BCUT2D eigenvalue weighted by Crippen LogP contribution is -2.28. The zero-order chi connectivity index (χ0) is 11.7. The zero-order valence-corrected chi connectivity index (χ0v) is 9.04. The summed E-state index contributed by atoms with van der Waals surface area (Å²) >= 11 is 0. The fraction of sp³-hybridized carbons (Fsp3) is 0.417. The van der Waals surface area contributed by atoms with Gasteiger partial charge in [-0.1, -0.05) is 6.07 Å². The quantitative estimate of drug-likeness (QED) is 0.732. The minimum absolute atomic E-state index is 0.0719. The van der Waals surface area contributed by atoms with E-state index < -0.39 is 23.0 Å². The van der Waals surface area contributed by atoms with Gasteiger partial charge >= 0.3 is 0 Å². The molecular weight excluding hydrogens is 212 g/mol. The summed E-state index contributed by atoms with van der Waals surface area (Å²) in [7, 11) is 1.80. The molecule has 2 nitrogen and oxygen atoms in total. The molecule has 0 saturated heterocycles. The molecule has 1 saturated carbocycles. The molecule has 0 amide bonds. The molecule has 1 aromatic carbocycles. The summed E-state index contributed by atoms with van der Waals surface area (Å²) in [6.45, 7) is 0.0719. The van der Waals surface area contributed by atoms with Crippen molar-refractivity contribution in [1.82, 2.24) is 4.90 Å². The number of likely N-dealkylation sites (N-methyl/N-ethyl adjacent to an activating group) is 1. The number of ketones is 1. The highest BCUT2D eigenvalue weighted by Gasteiger charge is 2.28. The monoisotopic (exact) mass is 225 g/mol. The fourth-order valence-electron chi connectivity index (χ4n) is 1.71. The number of Topliss-reactive ketones (excluding diaryl/α,β-unsaturated/α-hetero) is 1. The predicted octanol–water partition coefficient (Wildman–Crippen LogP) is 2.24.